The lowest BCUT2D eigenvalue weighted by Gasteiger charge is -2.34. The predicted molar refractivity (Wildman–Crippen MR) is 62.8 cm³/mol. The minimum atomic E-state index is -2.94. The first-order valence-electron chi connectivity index (χ1n) is 5.60. The van der Waals surface area contributed by atoms with Crippen molar-refractivity contribution in [2.45, 2.75) is 18.9 Å². The molecule has 0 aromatic carbocycles. The number of rotatable bonds is 6. The standard InChI is InChI=1S/C10H19NO5S/c1-17(14,15)6-2-3-11-4-5-16-8-9(11)7-10(12)13/h9H,2-8H2,1H3,(H,12,13). The van der Waals surface area contributed by atoms with Crippen LogP contribution in [0.15, 0.2) is 0 Å². The second-order valence-electron chi connectivity index (χ2n) is 4.35. The molecule has 17 heavy (non-hydrogen) atoms. The van der Waals surface area contributed by atoms with Crippen LogP contribution in [0, 0.1) is 0 Å². The number of hydrogen-bond acceptors (Lipinski definition) is 5. The molecule has 0 aromatic heterocycles. The summed E-state index contributed by atoms with van der Waals surface area (Å²) in [6.45, 7) is 2.26. The number of carboxylic acid groups (broad SMARTS) is 1. The number of carbonyl (C=O) groups is 1. The summed E-state index contributed by atoms with van der Waals surface area (Å²) in [6.07, 6.45) is 1.79. The molecule has 1 unspecified atom stereocenters. The van der Waals surface area contributed by atoms with Crippen LogP contribution in [-0.4, -0.2) is 68.7 Å². The molecule has 0 amide bonds. The number of sulfone groups is 1. The summed E-state index contributed by atoms with van der Waals surface area (Å²) < 4.78 is 27.2. The number of morpholine rings is 1. The van der Waals surface area contributed by atoms with E-state index in [4.69, 9.17) is 9.84 Å². The molecule has 1 aliphatic heterocycles. The van der Waals surface area contributed by atoms with E-state index in [1.54, 1.807) is 0 Å². The lowest BCUT2D eigenvalue weighted by molar-refractivity contribution is -0.140. The Hall–Kier alpha value is -0.660. The van der Waals surface area contributed by atoms with Crippen LogP contribution in [0.3, 0.4) is 0 Å². The Balaban J connectivity index is 2.40. The predicted octanol–water partition coefficient (Wildman–Crippen LogP) is -0.403. The Morgan fingerprint density at radius 1 is 1.53 bits per heavy atom. The van der Waals surface area contributed by atoms with E-state index in [9.17, 15) is 13.2 Å². The highest BCUT2D eigenvalue weighted by Gasteiger charge is 2.24. The van der Waals surface area contributed by atoms with Gasteiger partial charge < -0.3 is 9.84 Å². The minimum Gasteiger partial charge on any atom is -0.481 e. The SMILES string of the molecule is CS(=O)(=O)CCCN1CCOCC1CC(=O)O. The highest BCUT2D eigenvalue weighted by Crippen LogP contribution is 2.11. The molecule has 7 heteroatoms. The third kappa shape index (κ3) is 5.99. The van der Waals surface area contributed by atoms with Crippen LogP contribution < -0.4 is 0 Å². The van der Waals surface area contributed by atoms with Crippen molar-refractivity contribution in [3.05, 3.63) is 0 Å². The van der Waals surface area contributed by atoms with Crippen LogP contribution in [0.5, 0.6) is 0 Å². The summed E-state index contributed by atoms with van der Waals surface area (Å²) in [5.74, 6) is -0.710. The number of hydrogen-bond donors (Lipinski definition) is 1. The fourth-order valence-electron chi connectivity index (χ4n) is 1.90. The van der Waals surface area contributed by atoms with E-state index < -0.39 is 15.8 Å². The quantitative estimate of drug-likeness (QED) is 0.703. The smallest absolute Gasteiger partial charge is 0.305 e. The van der Waals surface area contributed by atoms with Crippen molar-refractivity contribution in [3.8, 4) is 0 Å². The van der Waals surface area contributed by atoms with Crippen LogP contribution in [0.25, 0.3) is 0 Å². The maximum Gasteiger partial charge on any atom is 0.305 e. The summed E-state index contributed by atoms with van der Waals surface area (Å²) in [4.78, 5) is 12.7. The minimum absolute atomic E-state index is 0.0406. The van der Waals surface area contributed by atoms with Crippen LogP contribution >= 0.6 is 0 Å². The highest BCUT2D eigenvalue weighted by molar-refractivity contribution is 7.90. The fourth-order valence-corrected chi connectivity index (χ4v) is 2.56. The summed E-state index contributed by atoms with van der Waals surface area (Å²) in [5, 5.41) is 8.76. The van der Waals surface area contributed by atoms with Crippen molar-refractivity contribution < 1.29 is 23.1 Å². The van der Waals surface area contributed by atoms with E-state index in [-0.39, 0.29) is 18.2 Å². The molecule has 1 rings (SSSR count). The molecule has 1 heterocycles. The zero-order chi connectivity index (χ0) is 12.9. The molecule has 1 atom stereocenters. The maximum absolute atomic E-state index is 11.0. The second kappa shape index (κ2) is 6.32. The topological polar surface area (TPSA) is 83.9 Å². The fraction of sp³-hybridized carbons (Fsp3) is 0.900. The molecule has 1 aliphatic rings. The molecule has 0 aromatic rings. The molecule has 100 valence electrons. The molecule has 0 saturated carbocycles. The number of aliphatic carboxylic acids is 1. The second-order valence-corrected chi connectivity index (χ2v) is 6.61. The van der Waals surface area contributed by atoms with Crippen LogP contribution in [0.1, 0.15) is 12.8 Å². The maximum atomic E-state index is 11.0. The van der Waals surface area contributed by atoms with Gasteiger partial charge in [-0.15, -0.1) is 0 Å². The van der Waals surface area contributed by atoms with Gasteiger partial charge in [0.05, 0.1) is 25.4 Å². The van der Waals surface area contributed by atoms with Gasteiger partial charge in [0, 0.05) is 18.8 Å². The van der Waals surface area contributed by atoms with E-state index >= 15 is 0 Å². The first-order chi connectivity index (χ1) is 7.88. The molecule has 0 radical (unpaired) electrons. The van der Waals surface area contributed by atoms with Crippen LogP contribution in [0.4, 0.5) is 0 Å². The van der Waals surface area contributed by atoms with Crippen molar-refractivity contribution >= 4 is 15.8 Å². The van der Waals surface area contributed by atoms with Gasteiger partial charge in [-0.1, -0.05) is 0 Å². The molecule has 0 spiro atoms. The van der Waals surface area contributed by atoms with Gasteiger partial charge in [-0.2, -0.15) is 0 Å². The molecule has 0 aliphatic carbocycles. The van der Waals surface area contributed by atoms with E-state index in [1.165, 1.54) is 6.26 Å². The van der Waals surface area contributed by atoms with E-state index in [2.05, 4.69) is 0 Å². The highest BCUT2D eigenvalue weighted by atomic mass is 32.2. The third-order valence-electron chi connectivity index (χ3n) is 2.72. The van der Waals surface area contributed by atoms with Crippen molar-refractivity contribution in [2.24, 2.45) is 0 Å². The number of carboxylic acids is 1. The van der Waals surface area contributed by atoms with Gasteiger partial charge in [-0.3, -0.25) is 9.69 Å². The normalized spacial score (nSPS) is 22.5. The van der Waals surface area contributed by atoms with Crippen molar-refractivity contribution in [1.82, 2.24) is 4.90 Å². The van der Waals surface area contributed by atoms with Gasteiger partial charge >= 0.3 is 5.97 Å². The summed E-state index contributed by atoms with van der Waals surface area (Å²) >= 11 is 0. The third-order valence-corrected chi connectivity index (χ3v) is 3.75. The summed E-state index contributed by atoms with van der Waals surface area (Å²) in [6, 6.07) is -0.138. The lowest BCUT2D eigenvalue weighted by Crippen LogP contribution is -2.47. The van der Waals surface area contributed by atoms with Crippen LogP contribution in [0.2, 0.25) is 0 Å². The molecule has 1 saturated heterocycles. The molecule has 6 nitrogen and oxygen atoms in total. The molecular weight excluding hydrogens is 246 g/mol. The number of nitrogens with zero attached hydrogens (tertiary/aromatic N) is 1. The lowest BCUT2D eigenvalue weighted by atomic mass is 10.1. The van der Waals surface area contributed by atoms with Gasteiger partial charge in [0.25, 0.3) is 0 Å². The van der Waals surface area contributed by atoms with Gasteiger partial charge in [0.15, 0.2) is 0 Å². The Morgan fingerprint density at radius 2 is 2.24 bits per heavy atom. The molecule has 1 fully saturated rings. The first-order valence-corrected chi connectivity index (χ1v) is 7.66. The van der Waals surface area contributed by atoms with Crippen LogP contribution in [-0.2, 0) is 19.4 Å². The molecule has 1 N–H and O–H groups in total. The Labute approximate surface area is 101 Å². The van der Waals surface area contributed by atoms with Gasteiger partial charge in [-0.25, -0.2) is 8.42 Å². The molecular formula is C10H19NO5S. The van der Waals surface area contributed by atoms with E-state index in [0.29, 0.717) is 32.7 Å². The Kier molecular flexibility index (Phi) is 5.35. The van der Waals surface area contributed by atoms with Crippen molar-refractivity contribution in [2.75, 3.05) is 38.3 Å². The first kappa shape index (κ1) is 14.4. The van der Waals surface area contributed by atoms with Gasteiger partial charge in [-0.05, 0) is 13.0 Å². The summed E-state index contributed by atoms with van der Waals surface area (Å²) in [5.41, 5.74) is 0. The average Bonchev–Trinajstić information content (AvgIpc) is 2.18. The van der Waals surface area contributed by atoms with Gasteiger partial charge in [0.1, 0.15) is 9.84 Å². The van der Waals surface area contributed by atoms with Crippen molar-refractivity contribution in [1.29, 1.82) is 0 Å². The molecule has 0 bridgehead atoms. The van der Waals surface area contributed by atoms with E-state index in [0.717, 1.165) is 0 Å². The zero-order valence-corrected chi connectivity index (χ0v) is 10.8. The largest absolute Gasteiger partial charge is 0.481 e. The number of ether oxygens (including phenoxy) is 1. The van der Waals surface area contributed by atoms with Gasteiger partial charge in [0.2, 0.25) is 0 Å². The van der Waals surface area contributed by atoms with Crippen molar-refractivity contribution in [3.63, 3.8) is 0 Å². The zero-order valence-electron chi connectivity index (χ0n) is 9.96. The monoisotopic (exact) mass is 265 g/mol. The summed E-state index contributed by atoms with van der Waals surface area (Å²) in [7, 11) is -2.94. The Bertz CT molecular complexity index is 354. The average molecular weight is 265 g/mol. The van der Waals surface area contributed by atoms with E-state index in [1.807, 2.05) is 4.90 Å². The Morgan fingerprint density at radius 3 is 2.82 bits per heavy atom.